The van der Waals surface area contributed by atoms with Crippen molar-refractivity contribution in [3.05, 3.63) is 23.9 Å². The van der Waals surface area contributed by atoms with Gasteiger partial charge in [-0.3, -0.25) is 0 Å². The molecule has 1 aromatic rings. The second-order valence-corrected chi connectivity index (χ2v) is 7.00. The average Bonchev–Trinajstić information content (AvgIpc) is 2.92. The van der Waals surface area contributed by atoms with E-state index in [1.165, 1.54) is 0 Å². The lowest BCUT2D eigenvalue weighted by Gasteiger charge is -2.39. The summed E-state index contributed by atoms with van der Waals surface area (Å²) < 4.78 is 5.49. The second-order valence-electron chi connectivity index (χ2n) is 7.00. The Balaban J connectivity index is 1.51. The summed E-state index contributed by atoms with van der Waals surface area (Å²) in [7, 11) is 1.99. The number of pyridine rings is 1. The third kappa shape index (κ3) is 3.68. The number of aromatic nitrogens is 1. The molecule has 0 aromatic carbocycles. The topological polar surface area (TPSA) is 86.8 Å². The van der Waals surface area contributed by atoms with Crippen LogP contribution in [0, 0.1) is 0 Å². The highest BCUT2D eigenvalue weighted by Gasteiger charge is 2.48. The molecule has 2 aliphatic rings. The van der Waals surface area contributed by atoms with Crippen LogP contribution in [0.2, 0.25) is 0 Å². The van der Waals surface area contributed by atoms with Gasteiger partial charge in [0.2, 0.25) is 0 Å². The number of carbonyl (C=O) groups excluding carboxylic acids is 2. The van der Waals surface area contributed by atoms with Crippen LogP contribution in [0.4, 0.5) is 15.4 Å². The summed E-state index contributed by atoms with van der Waals surface area (Å²) in [4.78, 5) is 32.1. The first-order chi connectivity index (χ1) is 12.4. The van der Waals surface area contributed by atoms with Crippen LogP contribution in [0.15, 0.2) is 18.3 Å². The van der Waals surface area contributed by atoms with Gasteiger partial charge in [0.25, 0.3) is 0 Å². The second kappa shape index (κ2) is 7.39. The molecule has 3 rings (SSSR count). The number of piperidine rings is 1. The number of anilines is 1. The fourth-order valence-corrected chi connectivity index (χ4v) is 3.46. The summed E-state index contributed by atoms with van der Waals surface area (Å²) >= 11 is 0. The number of alkyl carbamates (subject to hydrolysis) is 1. The van der Waals surface area contributed by atoms with Gasteiger partial charge in [0.15, 0.2) is 0 Å². The summed E-state index contributed by atoms with van der Waals surface area (Å²) in [5, 5.41) is 5.77. The van der Waals surface area contributed by atoms with E-state index in [1.807, 2.05) is 31.0 Å². The normalized spacial score (nSPS) is 21.3. The minimum absolute atomic E-state index is 0.0222. The van der Waals surface area contributed by atoms with Gasteiger partial charge in [-0.25, -0.2) is 14.6 Å². The van der Waals surface area contributed by atoms with Crippen LogP contribution < -0.4 is 15.5 Å². The largest absolute Gasteiger partial charge is 0.441 e. The molecule has 2 saturated heterocycles. The van der Waals surface area contributed by atoms with Gasteiger partial charge in [0.1, 0.15) is 11.4 Å². The molecule has 1 atom stereocenters. The number of rotatable bonds is 4. The smallest absolute Gasteiger partial charge is 0.408 e. The maximum Gasteiger partial charge on any atom is 0.408 e. The summed E-state index contributed by atoms with van der Waals surface area (Å²) in [6.07, 6.45) is 2.71. The molecule has 8 nitrogen and oxygen atoms in total. The molecule has 1 aromatic heterocycles. The molecule has 2 aliphatic heterocycles. The molecular formula is C18H27N5O3. The number of likely N-dealkylation sites (tertiary alicyclic amines) is 1. The predicted octanol–water partition coefficient (Wildman–Crippen LogP) is 1.71. The van der Waals surface area contributed by atoms with Crippen LogP contribution in [0.1, 0.15) is 32.3 Å². The predicted molar refractivity (Wildman–Crippen MR) is 98.0 cm³/mol. The van der Waals surface area contributed by atoms with Crippen LogP contribution >= 0.6 is 0 Å². The lowest BCUT2D eigenvalue weighted by atomic mass is 9.86. The molecule has 1 unspecified atom stereocenters. The first kappa shape index (κ1) is 18.3. The minimum atomic E-state index is -0.474. The van der Waals surface area contributed by atoms with E-state index in [0.717, 1.165) is 17.9 Å². The Kier molecular flexibility index (Phi) is 5.20. The van der Waals surface area contributed by atoms with E-state index in [-0.39, 0.29) is 18.2 Å². The van der Waals surface area contributed by atoms with Gasteiger partial charge in [-0.1, -0.05) is 0 Å². The summed E-state index contributed by atoms with van der Waals surface area (Å²) in [6.45, 7) is 6.50. The molecule has 2 N–H and O–H groups in total. The van der Waals surface area contributed by atoms with Crippen LogP contribution in [-0.4, -0.2) is 60.3 Å². The Morgan fingerprint density at radius 3 is 2.85 bits per heavy atom. The monoisotopic (exact) mass is 361 g/mol. The van der Waals surface area contributed by atoms with E-state index in [9.17, 15) is 9.59 Å². The zero-order chi connectivity index (χ0) is 18.7. The Morgan fingerprint density at radius 1 is 1.50 bits per heavy atom. The molecule has 2 fully saturated rings. The molecule has 0 radical (unpaired) electrons. The highest BCUT2D eigenvalue weighted by Crippen LogP contribution is 2.33. The van der Waals surface area contributed by atoms with Gasteiger partial charge in [0, 0.05) is 52.3 Å². The van der Waals surface area contributed by atoms with Crippen molar-refractivity contribution < 1.29 is 14.3 Å². The molecule has 8 heteroatoms. The Morgan fingerprint density at radius 2 is 2.23 bits per heavy atom. The number of carbonyl (C=O) groups is 2. The van der Waals surface area contributed by atoms with Crippen LogP contribution in [0.25, 0.3) is 0 Å². The Bertz CT molecular complexity index is 673. The van der Waals surface area contributed by atoms with Gasteiger partial charge in [-0.05, 0) is 31.5 Å². The fraction of sp³-hybridized carbons (Fsp3) is 0.611. The molecule has 0 bridgehead atoms. The van der Waals surface area contributed by atoms with Gasteiger partial charge in [0.05, 0.1) is 6.04 Å². The summed E-state index contributed by atoms with van der Waals surface area (Å²) in [5.41, 5.74) is 0.540. The molecule has 1 spiro atoms. The molecule has 3 amide bonds. The third-order valence-corrected chi connectivity index (χ3v) is 5.44. The van der Waals surface area contributed by atoms with Gasteiger partial charge in [-0.2, -0.15) is 0 Å². The summed E-state index contributed by atoms with van der Waals surface area (Å²) in [6, 6.07) is 3.78. The van der Waals surface area contributed by atoms with Crippen molar-refractivity contribution in [3.63, 3.8) is 0 Å². The van der Waals surface area contributed by atoms with Gasteiger partial charge >= 0.3 is 12.1 Å². The van der Waals surface area contributed by atoms with Crippen molar-refractivity contribution in [2.24, 2.45) is 0 Å². The standard InChI is InChI=1S/C18H27N5O3/c1-4-22(3)15-11-14(5-8-19-15)12-20-16(24)23-9-6-18(7-10-23)13(2)21-17(25)26-18/h5,8,11,13H,4,6-7,9-10,12H2,1-3H3,(H,20,24)(H,21,25). The van der Waals surface area contributed by atoms with Crippen molar-refractivity contribution in [2.75, 3.05) is 31.6 Å². The van der Waals surface area contributed by atoms with Crippen molar-refractivity contribution in [3.8, 4) is 0 Å². The molecule has 0 saturated carbocycles. The van der Waals surface area contributed by atoms with Crippen LogP contribution in [-0.2, 0) is 11.3 Å². The number of nitrogens with one attached hydrogen (secondary N) is 2. The molecule has 0 aliphatic carbocycles. The number of hydrogen-bond acceptors (Lipinski definition) is 5. The molecule has 3 heterocycles. The fourth-order valence-electron chi connectivity index (χ4n) is 3.46. The minimum Gasteiger partial charge on any atom is -0.441 e. The zero-order valence-corrected chi connectivity index (χ0v) is 15.6. The van der Waals surface area contributed by atoms with Crippen molar-refractivity contribution in [1.82, 2.24) is 20.5 Å². The van der Waals surface area contributed by atoms with Gasteiger partial charge in [-0.15, -0.1) is 0 Å². The molecule has 142 valence electrons. The first-order valence-electron chi connectivity index (χ1n) is 9.12. The van der Waals surface area contributed by atoms with E-state index in [0.29, 0.717) is 32.5 Å². The maximum absolute atomic E-state index is 12.5. The maximum atomic E-state index is 12.5. The number of urea groups is 1. The van der Waals surface area contributed by atoms with E-state index >= 15 is 0 Å². The van der Waals surface area contributed by atoms with Crippen molar-refractivity contribution >= 4 is 17.9 Å². The van der Waals surface area contributed by atoms with E-state index in [2.05, 4.69) is 22.5 Å². The SMILES string of the molecule is CCN(C)c1cc(CNC(=O)N2CCC3(CC2)OC(=O)NC3C)ccn1. The van der Waals surface area contributed by atoms with Crippen molar-refractivity contribution in [1.29, 1.82) is 0 Å². The number of ether oxygens (including phenoxy) is 1. The molecular weight excluding hydrogens is 334 g/mol. The van der Waals surface area contributed by atoms with Crippen molar-refractivity contribution in [2.45, 2.75) is 44.9 Å². The first-order valence-corrected chi connectivity index (χ1v) is 9.12. The summed E-state index contributed by atoms with van der Waals surface area (Å²) in [5.74, 6) is 0.892. The number of amides is 3. The average molecular weight is 361 g/mol. The third-order valence-electron chi connectivity index (χ3n) is 5.44. The number of hydrogen-bond donors (Lipinski definition) is 2. The van der Waals surface area contributed by atoms with Crippen LogP contribution in [0.5, 0.6) is 0 Å². The van der Waals surface area contributed by atoms with E-state index < -0.39 is 5.60 Å². The highest BCUT2D eigenvalue weighted by molar-refractivity contribution is 5.75. The highest BCUT2D eigenvalue weighted by atomic mass is 16.6. The quantitative estimate of drug-likeness (QED) is 0.853. The number of nitrogens with zero attached hydrogens (tertiary/aromatic N) is 3. The van der Waals surface area contributed by atoms with E-state index in [4.69, 9.17) is 4.74 Å². The Labute approximate surface area is 153 Å². The lowest BCUT2D eigenvalue weighted by molar-refractivity contribution is -0.00690. The van der Waals surface area contributed by atoms with Crippen LogP contribution in [0.3, 0.4) is 0 Å². The van der Waals surface area contributed by atoms with E-state index in [1.54, 1.807) is 11.1 Å². The van der Waals surface area contributed by atoms with Gasteiger partial charge < -0.3 is 25.2 Å². The Hall–Kier alpha value is -2.51. The zero-order valence-electron chi connectivity index (χ0n) is 15.6. The molecule has 26 heavy (non-hydrogen) atoms. The lowest BCUT2D eigenvalue weighted by Crippen LogP contribution is -2.53.